The summed E-state index contributed by atoms with van der Waals surface area (Å²) in [5, 5.41) is 11.4. The van der Waals surface area contributed by atoms with Gasteiger partial charge in [0.25, 0.3) is 5.91 Å². The molecule has 4 nitrogen and oxygen atoms in total. The summed E-state index contributed by atoms with van der Waals surface area (Å²) in [6.45, 7) is 0. The molecule has 1 atom stereocenters. The lowest BCUT2D eigenvalue weighted by Crippen LogP contribution is -2.22. The van der Waals surface area contributed by atoms with E-state index in [4.69, 9.17) is 10.00 Å². The molecular weight excluding hydrogens is 264 g/mol. The Kier molecular flexibility index (Phi) is 5.08. The van der Waals surface area contributed by atoms with Crippen molar-refractivity contribution in [3.05, 3.63) is 65.7 Å². The Hall–Kier alpha value is -2.64. The van der Waals surface area contributed by atoms with Gasteiger partial charge >= 0.3 is 0 Å². The number of ether oxygens (including phenoxy) is 1. The van der Waals surface area contributed by atoms with Gasteiger partial charge in [-0.05, 0) is 23.3 Å². The molecule has 0 aliphatic heterocycles. The molecule has 0 bridgehead atoms. The number of carbonyl (C=O) groups is 1. The first-order valence-corrected chi connectivity index (χ1v) is 6.59. The highest BCUT2D eigenvalue weighted by atomic mass is 16.5. The standard InChI is InChI=1S/C17H16N2O2/c1-21-16(14-5-3-2-4-6-14)17(20)19-15-9-7-13(8-10-15)11-12-18/h2-10,16H,11H2,1H3,(H,19,20)/t16-/m0/s1. The number of methoxy groups -OCH3 is 1. The van der Waals surface area contributed by atoms with E-state index in [1.54, 1.807) is 12.1 Å². The Morgan fingerprint density at radius 2 is 1.86 bits per heavy atom. The molecule has 0 heterocycles. The molecule has 1 amide bonds. The van der Waals surface area contributed by atoms with E-state index >= 15 is 0 Å². The van der Waals surface area contributed by atoms with Gasteiger partial charge < -0.3 is 10.1 Å². The predicted molar refractivity (Wildman–Crippen MR) is 80.6 cm³/mol. The van der Waals surface area contributed by atoms with E-state index in [0.29, 0.717) is 12.1 Å². The summed E-state index contributed by atoms with van der Waals surface area (Å²) in [5.74, 6) is -0.225. The minimum absolute atomic E-state index is 0.225. The fraction of sp³-hybridized carbons (Fsp3) is 0.176. The number of hydrogen-bond donors (Lipinski definition) is 1. The van der Waals surface area contributed by atoms with Crippen LogP contribution in [-0.2, 0) is 16.0 Å². The fourth-order valence-corrected chi connectivity index (χ4v) is 2.03. The zero-order chi connectivity index (χ0) is 15.1. The number of rotatable bonds is 5. The average molecular weight is 280 g/mol. The molecule has 0 saturated carbocycles. The van der Waals surface area contributed by atoms with Crippen LogP contribution in [0.15, 0.2) is 54.6 Å². The highest BCUT2D eigenvalue weighted by molar-refractivity contribution is 5.94. The van der Waals surface area contributed by atoms with Gasteiger partial charge in [0.05, 0.1) is 12.5 Å². The number of carbonyl (C=O) groups excluding carboxylic acids is 1. The number of amides is 1. The molecule has 106 valence electrons. The third kappa shape index (κ3) is 3.91. The van der Waals surface area contributed by atoms with Gasteiger partial charge in [0, 0.05) is 12.8 Å². The van der Waals surface area contributed by atoms with Gasteiger partial charge in [-0.3, -0.25) is 4.79 Å². The average Bonchev–Trinajstić information content (AvgIpc) is 2.51. The maximum atomic E-state index is 12.3. The summed E-state index contributed by atoms with van der Waals surface area (Å²) in [6.07, 6.45) is -0.288. The molecule has 2 aromatic carbocycles. The van der Waals surface area contributed by atoms with Crippen molar-refractivity contribution < 1.29 is 9.53 Å². The minimum Gasteiger partial charge on any atom is -0.367 e. The van der Waals surface area contributed by atoms with Crippen molar-refractivity contribution in [2.24, 2.45) is 0 Å². The fourth-order valence-electron chi connectivity index (χ4n) is 2.03. The van der Waals surface area contributed by atoms with Gasteiger partial charge in [-0.1, -0.05) is 42.5 Å². The van der Waals surface area contributed by atoms with E-state index in [9.17, 15) is 4.79 Å². The molecule has 0 aliphatic carbocycles. The summed E-state index contributed by atoms with van der Waals surface area (Å²) < 4.78 is 5.28. The maximum absolute atomic E-state index is 12.3. The quantitative estimate of drug-likeness (QED) is 0.915. The summed E-state index contributed by atoms with van der Waals surface area (Å²) in [6, 6.07) is 18.6. The van der Waals surface area contributed by atoms with Crippen molar-refractivity contribution in [3.63, 3.8) is 0 Å². The molecule has 2 aromatic rings. The van der Waals surface area contributed by atoms with Crippen LogP contribution >= 0.6 is 0 Å². The molecule has 0 radical (unpaired) electrons. The number of nitrogens with zero attached hydrogens (tertiary/aromatic N) is 1. The number of nitriles is 1. The third-order valence-corrected chi connectivity index (χ3v) is 3.08. The van der Waals surface area contributed by atoms with Crippen LogP contribution < -0.4 is 5.32 Å². The van der Waals surface area contributed by atoms with Crippen molar-refractivity contribution in [1.82, 2.24) is 0 Å². The Morgan fingerprint density at radius 3 is 2.43 bits per heavy atom. The Bertz CT molecular complexity index is 630. The van der Waals surface area contributed by atoms with E-state index in [1.165, 1.54) is 7.11 Å². The number of nitrogens with one attached hydrogen (secondary N) is 1. The van der Waals surface area contributed by atoms with Crippen LogP contribution in [0.4, 0.5) is 5.69 Å². The van der Waals surface area contributed by atoms with Crippen LogP contribution in [0.2, 0.25) is 0 Å². The smallest absolute Gasteiger partial charge is 0.258 e. The molecule has 21 heavy (non-hydrogen) atoms. The third-order valence-electron chi connectivity index (χ3n) is 3.08. The Labute approximate surface area is 124 Å². The molecule has 1 N–H and O–H groups in total. The summed E-state index contributed by atoms with van der Waals surface area (Å²) in [5.41, 5.74) is 2.40. The Morgan fingerprint density at radius 1 is 1.19 bits per heavy atom. The second kappa shape index (κ2) is 7.22. The zero-order valence-electron chi connectivity index (χ0n) is 11.7. The first-order valence-electron chi connectivity index (χ1n) is 6.59. The van der Waals surface area contributed by atoms with Crippen LogP contribution in [0, 0.1) is 11.3 Å². The van der Waals surface area contributed by atoms with Gasteiger partial charge in [0.1, 0.15) is 0 Å². The molecule has 4 heteroatoms. The van der Waals surface area contributed by atoms with Crippen molar-refractivity contribution in [3.8, 4) is 6.07 Å². The van der Waals surface area contributed by atoms with E-state index in [0.717, 1.165) is 11.1 Å². The largest absolute Gasteiger partial charge is 0.367 e. The summed E-state index contributed by atoms with van der Waals surface area (Å²) >= 11 is 0. The van der Waals surface area contributed by atoms with E-state index < -0.39 is 6.10 Å². The highest BCUT2D eigenvalue weighted by Crippen LogP contribution is 2.19. The number of anilines is 1. The summed E-state index contributed by atoms with van der Waals surface area (Å²) in [7, 11) is 1.51. The lowest BCUT2D eigenvalue weighted by molar-refractivity contribution is -0.126. The van der Waals surface area contributed by atoms with Crippen LogP contribution in [-0.4, -0.2) is 13.0 Å². The zero-order valence-corrected chi connectivity index (χ0v) is 11.7. The molecule has 0 spiro atoms. The topological polar surface area (TPSA) is 62.1 Å². The minimum atomic E-state index is -0.648. The molecular formula is C17H16N2O2. The molecule has 0 unspecified atom stereocenters. The monoisotopic (exact) mass is 280 g/mol. The Balaban J connectivity index is 2.07. The van der Waals surface area contributed by atoms with Gasteiger partial charge in [0.2, 0.25) is 0 Å². The lowest BCUT2D eigenvalue weighted by atomic mass is 10.1. The normalized spacial score (nSPS) is 11.4. The maximum Gasteiger partial charge on any atom is 0.258 e. The van der Waals surface area contributed by atoms with E-state index in [-0.39, 0.29) is 5.91 Å². The molecule has 2 rings (SSSR count). The van der Waals surface area contributed by atoms with Crippen molar-refractivity contribution in [1.29, 1.82) is 5.26 Å². The molecule has 0 aromatic heterocycles. The van der Waals surface area contributed by atoms with Crippen LogP contribution in [0.25, 0.3) is 0 Å². The first kappa shape index (κ1) is 14.8. The lowest BCUT2D eigenvalue weighted by Gasteiger charge is -2.15. The first-order chi connectivity index (χ1) is 10.2. The van der Waals surface area contributed by atoms with Crippen LogP contribution in [0.1, 0.15) is 17.2 Å². The summed E-state index contributed by atoms with van der Waals surface area (Å²) in [4.78, 5) is 12.3. The number of hydrogen-bond acceptors (Lipinski definition) is 3. The molecule has 0 aliphatic rings. The van der Waals surface area contributed by atoms with Crippen molar-refractivity contribution >= 4 is 11.6 Å². The van der Waals surface area contributed by atoms with Gasteiger partial charge in [-0.2, -0.15) is 5.26 Å². The molecule has 0 saturated heterocycles. The van der Waals surface area contributed by atoms with Gasteiger partial charge in [-0.15, -0.1) is 0 Å². The highest BCUT2D eigenvalue weighted by Gasteiger charge is 2.19. The SMILES string of the molecule is CO[C@H](C(=O)Nc1ccc(CC#N)cc1)c1ccccc1. The van der Waals surface area contributed by atoms with E-state index in [1.807, 2.05) is 42.5 Å². The van der Waals surface area contributed by atoms with Gasteiger partial charge in [-0.25, -0.2) is 0 Å². The second-order valence-electron chi connectivity index (χ2n) is 4.55. The van der Waals surface area contributed by atoms with Crippen LogP contribution in [0.3, 0.4) is 0 Å². The van der Waals surface area contributed by atoms with Crippen molar-refractivity contribution in [2.75, 3.05) is 12.4 Å². The second-order valence-corrected chi connectivity index (χ2v) is 4.55. The van der Waals surface area contributed by atoms with Crippen LogP contribution in [0.5, 0.6) is 0 Å². The van der Waals surface area contributed by atoms with Gasteiger partial charge in [0.15, 0.2) is 6.10 Å². The molecule has 0 fully saturated rings. The van der Waals surface area contributed by atoms with Crippen molar-refractivity contribution in [2.45, 2.75) is 12.5 Å². The predicted octanol–water partition coefficient (Wildman–Crippen LogP) is 3.08. The van der Waals surface area contributed by atoms with E-state index in [2.05, 4.69) is 11.4 Å². The number of benzene rings is 2.